The maximum Gasteiger partial charge on any atom is 0.162 e. The predicted octanol–water partition coefficient (Wildman–Crippen LogP) is 2.79. The zero-order chi connectivity index (χ0) is 15.7. The van der Waals surface area contributed by atoms with Crippen LogP contribution in [0, 0.1) is 12.7 Å². The van der Waals surface area contributed by atoms with Crippen molar-refractivity contribution in [2.75, 3.05) is 24.2 Å². The molecule has 0 bridgehead atoms. The highest BCUT2D eigenvalue weighted by Crippen LogP contribution is 2.31. The summed E-state index contributed by atoms with van der Waals surface area (Å²) in [5.74, 6) is 0.662. The Labute approximate surface area is 130 Å². The van der Waals surface area contributed by atoms with Crippen molar-refractivity contribution in [3.8, 4) is 11.4 Å². The molecular weight excluding hydrogens is 303 g/mol. The second kappa shape index (κ2) is 5.86. The van der Waals surface area contributed by atoms with E-state index in [4.69, 9.17) is 10.8 Å². The Hall–Kier alpha value is -2.25. The molecule has 0 aliphatic rings. The van der Waals surface area contributed by atoms with Crippen LogP contribution in [0.2, 0.25) is 0 Å². The molecule has 0 fully saturated rings. The van der Waals surface area contributed by atoms with Crippen molar-refractivity contribution in [2.45, 2.75) is 6.92 Å². The van der Waals surface area contributed by atoms with Gasteiger partial charge in [0.1, 0.15) is 11.6 Å². The van der Waals surface area contributed by atoms with Gasteiger partial charge in [0.25, 0.3) is 0 Å². The highest BCUT2D eigenvalue weighted by atomic mass is 32.1. The lowest BCUT2D eigenvalue weighted by Crippen LogP contribution is -2.08. The summed E-state index contributed by atoms with van der Waals surface area (Å²) >= 11 is 1.51. The molecular formula is C15H15FN4OS. The van der Waals surface area contributed by atoms with Gasteiger partial charge in [-0.05, 0) is 36.1 Å². The number of nitrogens with one attached hydrogen (secondary N) is 1. The van der Waals surface area contributed by atoms with E-state index >= 15 is 0 Å². The Morgan fingerprint density at radius 3 is 2.95 bits per heavy atom. The minimum absolute atomic E-state index is 0.00184. The van der Waals surface area contributed by atoms with Crippen molar-refractivity contribution in [2.24, 2.45) is 0 Å². The van der Waals surface area contributed by atoms with Gasteiger partial charge in [-0.3, -0.25) is 0 Å². The van der Waals surface area contributed by atoms with Gasteiger partial charge >= 0.3 is 0 Å². The number of nitrogen functional groups attached to an aromatic ring is 1. The number of hydrogen-bond acceptors (Lipinski definition) is 6. The topological polar surface area (TPSA) is 84.1 Å². The molecule has 0 radical (unpaired) electrons. The third kappa shape index (κ3) is 2.60. The molecule has 0 aliphatic heterocycles. The largest absolute Gasteiger partial charge is 0.399 e. The third-order valence-electron chi connectivity index (χ3n) is 3.32. The van der Waals surface area contributed by atoms with Crippen molar-refractivity contribution >= 4 is 33.1 Å². The quantitative estimate of drug-likeness (QED) is 0.644. The van der Waals surface area contributed by atoms with E-state index in [9.17, 15) is 4.39 Å². The summed E-state index contributed by atoms with van der Waals surface area (Å²) in [6.07, 6.45) is 0. The normalized spacial score (nSPS) is 11.0. The average Bonchev–Trinajstić information content (AvgIpc) is 2.96. The molecule has 3 aromatic rings. The number of hydrogen-bond donors (Lipinski definition) is 3. The number of nitrogens with two attached hydrogens (primary N) is 1. The molecule has 0 aliphatic carbocycles. The van der Waals surface area contributed by atoms with Gasteiger partial charge in [-0.1, -0.05) is 0 Å². The van der Waals surface area contributed by atoms with E-state index in [2.05, 4.69) is 15.3 Å². The van der Waals surface area contributed by atoms with Crippen LogP contribution >= 0.6 is 11.3 Å². The summed E-state index contributed by atoms with van der Waals surface area (Å²) in [4.78, 5) is 8.97. The van der Waals surface area contributed by atoms with Crippen LogP contribution in [-0.4, -0.2) is 28.2 Å². The van der Waals surface area contributed by atoms with E-state index in [1.54, 1.807) is 13.0 Å². The number of aliphatic hydroxyl groups excluding tert-OH is 1. The van der Waals surface area contributed by atoms with E-state index in [1.165, 1.54) is 17.4 Å². The molecule has 0 spiro atoms. The zero-order valence-corrected chi connectivity index (χ0v) is 12.7. The highest BCUT2D eigenvalue weighted by molar-refractivity contribution is 7.17. The molecule has 22 heavy (non-hydrogen) atoms. The predicted molar refractivity (Wildman–Crippen MR) is 87.5 cm³/mol. The van der Waals surface area contributed by atoms with Crippen LogP contribution in [0.15, 0.2) is 23.6 Å². The van der Waals surface area contributed by atoms with Crippen LogP contribution in [0.25, 0.3) is 21.6 Å². The number of rotatable bonds is 4. The van der Waals surface area contributed by atoms with Gasteiger partial charge in [-0.2, -0.15) is 0 Å². The second-order valence-electron chi connectivity index (χ2n) is 4.86. The number of halogens is 1. The molecule has 0 saturated heterocycles. The lowest BCUT2D eigenvalue weighted by atomic mass is 10.1. The molecule has 3 rings (SSSR count). The highest BCUT2D eigenvalue weighted by Gasteiger charge is 2.14. The molecule has 2 heterocycles. The van der Waals surface area contributed by atoms with Gasteiger partial charge in [0.2, 0.25) is 0 Å². The van der Waals surface area contributed by atoms with Gasteiger partial charge in [-0.25, -0.2) is 14.4 Å². The molecule has 0 unspecified atom stereocenters. The van der Waals surface area contributed by atoms with Gasteiger partial charge in [0.05, 0.1) is 16.8 Å². The van der Waals surface area contributed by atoms with Crippen LogP contribution in [0.4, 0.5) is 15.9 Å². The number of anilines is 2. The Kier molecular flexibility index (Phi) is 3.91. The number of nitrogens with zero attached hydrogens (tertiary/aromatic N) is 2. The Morgan fingerprint density at radius 1 is 1.36 bits per heavy atom. The van der Waals surface area contributed by atoms with Gasteiger partial charge in [0, 0.05) is 17.8 Å². The van der Waals surface area contributed by atoms with E-state index < -0.39 is 0 Å². The third-order valence-corrected chi connectivity index (χ3v) is 4.23. The summed E-state index contributed by atoms with van der Waals surface area (Å²) in [7, 11) is 0. The maximum atomic E-state index is 13.9. The fraction of sp³-hybridized carbons (Fsp3) is 0.200. The Balaban J connectivity index is 2.19. The van der Waals surface area contributed by atoms with Crippen LogP contribution < -0.4 is 11.1 Å². The van der Waals surface area contributed by atoms with E-state index in [0.29, 0.717) is 35.0 Å². The first-order valence-corrected chi connectivity index (χ1v) is 7.64. The number of fused-ring (bicyclic) bond motifs is 1. The van der Waals surface area contributed by atoms with Crippen LogP contribution in [0.5, 0.6) is 0 Å². The summed E-state index contributed by atoms with van der Waals surface area (Å²) in [5.41, 5.74) is 7.86. The average molecular weight is 318 g/mol. The zero-order valence-electron chi connectivity index (χ0n) is 11.9. The lowest BCUT2D eigenvalue weighted by molar-refractivity contribution is 0.311. The fourth-order valence-electron chi connectivity index (χ4n) is 2.21. The number of benzene rings is 1. The first kappa shape index (κ1) is 14.7. The van der Waals surface area contributed by atoms with E-state index in [-0.39, 0.29) is 12.4 Å². The Morgan fingerprint density at radius 2 is 2.18 bits per heavy atom. The standard InChI is InChI=1S/C15H15FN4OS/c1-8-10(6-9(17)7-11(8)16)14-19-12-2-5-22-13(12)15(20-14)18-3-4-21/h2,5-7,21H,3-4,17H2,1H3,(H,18,19,20). The number of aromatic nitrogens is 2. The fourth-order valence-corrected chi connectivity index (χ4v) is 3.01. The summed E-state index contributed by atoms with van der Waals surface area (Å²) in [6.45, 7) is 2.05. The molecule has 0 atom stereocenters. The molecule has 7 heteroatoms. The molecule has 5 nitrogen and oxygen atoms in total. The van der Waals surface area contributed by atoms with E-state index in [1.807, 2.05) is 11.4 Å². The SMILES string of the molecule is Cc1c(F)cc(N)cc1-c1nc(NCCO)c2sccc2n1. The van der Waals surface area contributed by atoms with E-state index in [0.717, 1.165) is 10.2 Å². The maximum absolute atomic E-state index is 13.9. The van der Waals surface area contributed by atoms with Crippen LogP contribution in [0.3, 0.4) is 0 Å². The molecule has 2 aromatic heterocycles. The van der Waals surface area contributed by atoms with Crippen molar-refractivity contribution in [1.82, 2.24) is 9.97 Å². The minimum Gasteiger partial charge on any atom is -0.399 e. The molecule has 114 valence electrons. The second-order valence-corrected chi connectivity index (χ2v) is 5.77. The monoisotopic (exact) mass is 318 g/mol. The minimum atomic E-state index is -0.381. The molecule has 4 N–H and O–H groups in total. The van der Waals surface area contributed by atoms with Crippen LogP contribution in [-0.2, 0) is 0 Å². The summed E-state index contributed by atoms with van der Waals surface area (Å²) < 4.78 is 14.8. The number of aliphatic hydroxyl groups is 1. The Bertz CT molecular complexity index is 834. The molecule has 1 aromatic carbocycles. The van der Waals surface area contributed by atoms with Crippen LogP contribution in [0.1, 0.15) is 5.56 Å². The summed E-state index contributed by atoms with van der Waals surface area (Å²) in [5, 5.41) is 14.0. The first-order chi connectivity index (χ1) is 10.6. The molecule has 0 saturated carbocycles. The van der Waals surface area contributed by atoms with Crippen molar-refractivity contribution in [1.29, 1.82) is 0 Å². The van der Waals surface area contributed by atoms with Crippen molar-refractivity contribution in [3.05, 3.63) is 35.0 Å². The number of thiophene rings is 1. The van der Waals surface area contributed by atoms with Crippen molar-refractivity contribution < 1.29 is 9.50 Å². The van der Waals surface area contributed by atoms with Gasteiger partial charge in [-0.15, -0.1) is 11.3 Å². The first-order valence-electron chi connectivity index (χ1n) is 6.76. The van der Waals surface area contributed by atoms with Gasteiger partial charge in [0.15, 0.2) is 5.82 Å². The summed E-state index contributed by atoms with van der Waals surface area (Å²) in [6, 6.07) is 4.84. The van der Waals surface area contributed by atoms with Crippen molar-refractivity contribution in [3.63, 3.8) is 0 Å². The lowest BCUT2D eigenvalue weighted by Gasteiger charge is -2.10. The molecule has 0 amide bonds. The van der Waals surface area contributed by atoms with Gasteiger partial charge < -0.3 is 16.2 Å². The smallest absolute Gasteiger partial charge is 0.162 e.